The number of nitrogens with one attached hydrogen (secondary N) is 1. The molecule has 0 spiro atoms. The Hall–Kier alpha value is -3.11. The predicted octanol–water partition coefficient (Wildman–Crippen LogP) is 3.60. The van der Waals surface area contributed by atoms with Gasteiger partial charge in [0, 0.05) is 6.54 Å². The maximum atomic E-state index is 12.8. The van der Waals surface area contributed by atoms with Crippen LogP contribution in [0.2, 0.25) is 0 Å². The average molecular weight is 477 g/mol. The molecule has 3 rings (SSSR count). The van der Waals surface area contributed by atoms with E-state index in [1.807, 2.05) is 30.0 Å². The minimum atomic E-state index is -0.593. The van der Waals surface area contributed by atoms with Gasteiger partial charge in [-0.05, 0) is 50.6 Å². The van der Waals surface area contributed by atoms with Crippen LogP contribution in [0.25, 0.3) is 0 Å². The highest BCUT2D eigenvalue weighted by Gasteiger charge is 2.27. The highest BCUT2D eigenvalue weighted by atomic mass is 32.1. The number of amides is 1. The molecule has 0 saturated carbocycles. The lowest BCUT2D eigenvalue weighted by atomic mass is 10.1. The number of carbonyl (C=O) groups excluding carboxylic acids is 3. The van der Waals surface area contributed by atoms with Crippen molar-refractivity contribution in [3.63, 3.8) is 0 Å². The van der Waals surface area contributed by atoms with Crippen molar-refractivity contribution in [1.82, 2.24) is 4.90 Å². The Morgan fingerprint density at radius 2 is 1.76 bits per heavy atom. The third kappa shape index (κ3) is 5.82. The molecule has 1 amide bonds. The van der Waals surface area contributed by atoms with Crippen LogP contribution in [0.15, 0.2) is 18.2 Å². The molecule has 33 heavy (non-hydrogen) atoms. The zero-order valence-corrected chi connectivity index (χ0v) is 20.0. The van der Waals surface area contributed by atoms with Gasteiger partial charge in [0.05, 0.1) is 25.3 Å². The van der Waals surface area contributed by atoms with Crippen molar-refractivity contribution in [2.75, 3.05) is 38.4 Å². The number of hydrogen-bond acceptors (Lipinski definition) is 9. The van der Waals surface area contributed by atoms with Gasteiger partial charge in [-0.1, -0.05) is 13.0 Å². The standard InChI is InChI=1S/C23H28N2O7S/c1-5-25(11-15-8-9-16-17(10-15)32-13-31-16)12-18(26)24-21-19(22(27)29-6-2)14(4)20(33-21)23(28)30-7-3/h8-10H,5-7,11-13H2,1-4H3,(H,24,26). The number of likely N-dealkylation sites (N-methyl/N-ethyl adjacent to an activating group) is 1. The number of nitrogens with zero attached hydrogens (tertiary/aromatic N) is 1. The Morgan fingerprint density at radius 1 is 1.06 bits per heavy atom. The van der Waals surface area contributed by atoms with Gasteiger partial charge in [-0.25, -0.2) is 9.59 Å². The monoisotopic (exact) mass is 476 g/mol. The molecule has 1 aromatic heterocycles. The van der Waals surface area contributed by atoms with Crippen LogP contribution in [-0.4, -0.2) is 55.8 Å². The van der Waals surface area contributed by atoms with Gasteiger partial charge >= 0.3 is 11.9 Å². The minimum Gasteiger partial charge on any atom is -0.462 e. The lowest BCUT2D eigenvalue weighted by Gasteiger charge is -2.20. The molecule has 0 atom stereocenters. The topological polar surface area (TPSA) is 103 Å². The van der Waals surface area contributed by atoms with Gasteiger partial charge in [-0.15, -0.1) is 11.3 Å². The normalized spacial score (nSPS) is 12.0. The molecule has 0 saturated heterocycles. The van der Waals surface area contributed by atoms with E-state index in [2.05, 4.69) is 5.32 Å². The quantitative estimate of drug-likeness (QED) is 0.519. The number of anilines is 1. The summed E-state index contributed by atoms with van der Waals surface area (Å²) in [6, 6.07) is 5.68. The number of hydrogen-bond donors (Lipinski definition) is 1. The Labute approximate surface area is 196 Å². The van der Waals surface area contributed by atoms with Crippen molar-refractivity contribution in [3.05, 3.63) is 39.8 Å². The molecule has 1 aliphatic heterocycles. The Bertz CT molecular complexity index is 1030. The largest absolute Gasteiger partial charge is 0.462 e. The van der Waals surface area contributed by atoms with Gasteiger partial charge in [0.2, 0.25) is 12.7 Å². The number of ether oxygens (including phenoxy) is 4. The highest BCUT2D eigenvalue weighted by Crippen LogP contribution is 2.35. The van der Waals surface area contributed by atoms with Crippen LogP contribution >= 0.6 is 11.3 Å². The number of thiophene rings is 1. The lowest BCUT2D eigenvalue weighted by molar-refractivity contribution is -0.117. The molecule has 0 unspecified atom stereocenters. The molecular formula is C23H28N2O7S. The van der Waals surface area contributed by atoms with Gasteiger partial charge in [-0.2, -0.15) is 0 Å². The Kier molecular flexibility index (Phi) is 8.29. The number of fused-ring (bicyclic) bond motifs is 1. The molecular weight excluding hydrogens is 448 g/mol. The molecule has 2 heterocycles. The van der Waals surface area contributed by atoms with Crippen LogP contribution in [0.3, 0.4) is 0 Å². The average Bonchev–Trinajstić information content (AvgIpc) is 3.37. The fourth-order valence-electron chi connectivity index (χ4n) is 3.39. The van der Waals surface area contributed by atoms with Crippen LogP contribution in [0, 0.1) is 6.92 Å². The molecule has 9 nitrogen and oxygen atoms in total. The van der Waals surface area contributed by atoms with Gasteiger partial charge in [0.1, 0.15) is 9.88 Å². The first kappa shape index (κ1) is 24.5. The van der Waals surface area contributed by atoms with Crippen molar-refractivity contribution in [2.45, 2.75) is 34.2 Å². The van der Waals surface area contributed by atoms with Crippen molar-refractivity contribution < 1.29 is 33.3 Å². The van der Waals surface area contributed by atoms with E-state index < -0.39 is 11.9 Å². The van der Waals surface area contributed by atoms with Crippen molar-refractivity contribution >= 4 is 34.2 Å². The minimum absolute atomic E-state index is 0.0961. The third-order valence-corrected chi connectivity index (χ3v) is 6.18. The SMILES string of the molecule is CCOC(=O)c1sc(NC(=O)CN(CC)Cc2ccc3c(c2)OCO3)c(C(=O)OCC)c1C. The van der Waals surface area contributed by atoms with E-state index in [0.29, 0.717) is 30.2 Å². The van der Waals surface area contributed by atoms with Crippen LogP contribution in [0.5, 0.6) is 11.5 Å². The summed E-state index contributed by atoms with van der Waals surface area (Å²) in [6.07, 6.45) is 0. The number of rotatable bonds is 10. The fraction of sp³-hybridized carbons (Fsp3) is 0.435. The lowest BCUT2D eigenvalue weighted by Crippen LogP contribution is -2.32. The van der Waals surface area contributed by atoms with Gasteiger partial charge in [0.15, 0.2) is 11.5 Å². The predicted molar refractivity (Wildman–Crippen MR) is 123 cm³/mol. The van der Waals surface area contributed by atoms with Crippen LogP contribution in [0.1, 0.15) is 51.9 Å². The smallest absolute Gasteiger partial charge is 0.348 e. The summed E-state index contributed by atoms with van der Waals surface area (Å²) < 4.78 is 21.0. The van der Waals surface area contributed by atoms with Gasteiger partial charge < -0.3 is 24.3 Å². The second-order valence-corrected chi connectivity index (χ2v) is 8.26. The second-order valence-electron chi connectivity index (χ2n) is 7.24. The first-order valence-corrected chi connectivity index (χ1v) is 11.6. The van der Waals surface area contributed by atoms with E-state index in [4.69, 9.17) is 18.9 Å². The first-order valence-electron chi connectivity index (χ1n) is 10.8. The summed E-state index contributed by atoms with van der Waals surface area (Å²) in [4.78, 5) is 39.9. The number of carbonyl (C=O) groups is 3. The molecule has 178 valence electrons. The van der Waals surface area contributed by atoms with Crippen molar-refractivity contribution in [3.8, 4) is 11.5 Å². The summed E-state index contributed by atoms with van der Waals surface area (Å²) in [7, 11) is 0. The molecule has 10 heteroatoms. The molecule has 1 aliphatic rings. The molecule has 0 aliphatic carbocycles. The van der Waals surface area contributed by atoms with Crippen LogP contribution < -0.4 is 14.8 Å². The van der Waals surface area contributed by atoms with Crippen molar-refractivity contribution in [2.24, 2.45) is 0 Å². The summed E-state index contributed by atoms with van der Waals surface area (Å²) in [5.41, 5.74) is 1.59. The van der Waals surface area contributed by atoms with E-state index in [9.17, 15) is 14.4 Å². The highest BCUT2D eigenvalue weighted by molar-refractivity contribution is 7.18. The second kappa shape index (κ2) is 11.2. The summed E-state index contributed by atoms with van der Waals surface area (Å²) in [5.74, 6) is -0.0437. The fourth-order valence-corrected chi connectivity index (χ4v) is 4.49. The zero-order valence-electron chi connectivity index (χ0n) is 19.2. The van der Waals surface area contributed by atoms with E-state index in [-0.39, 0.29) is 47.9 Å². The van der Waals surface area contributed by atoms with E-state index >= 15 is 0 Å². The molecule has 0 fully saturated rings. The summed E-state index contributed by atoms with van der Waals surface area (Å²) in [5, 5.41) is 3.06. The zero-order chi connectivity index (χ0) is 24.0. The summed E-state index contributed by atoms with van der Waals surface area (Å²) >= 11 is 1.01. The number of benzene rings is 1. The molecule has 0 radical (unpaired) electrons. The van der Waals surface area contributed by atoms with Gasteiger partial charge in [0.25, 0.3) is 0 Å². The maximum Gasteiger partial charge on any atom is 0.348 e. The van der Waals surface area contributed by atoms with E-state index in [0.717, 1.165) is 16.9 Å². The summed E-state index contributed by atoms with van der Waals surface area (Å²) in [6.45, 7) is 8.84. The molecule has 0 bridgehead atoms. The van der Waals surface area contributed by atoms with Crippen molar-refractivity contribution in [1.29, 1.82) is 0 Å². The Morgan fingerprint density at radius 3 is 2.45 bits per heavy atom. The molecule has 1 aromatic carbocycles. The van der Waals surface area contributed by atoms with E-state index in [1.54, 1.807) is 20.8 Å². The Balaban J connectivity index is 1.74. The molecule has 1 N–H and O–H groups in total. The molecule has 2 aromatic rings. The first-order chi connectivity index (χ1) is 15.9. The van der Waals surface area contributed by atoms with E-state index in [1.165, 1.54) is 0 Å². The van der Waals surface area contributed by atoms with Crippen LogP contribution in [0.4, 0.5) is 5.00 Å². The number of esters is 2. The third-order valence-electron chi connectivity index (χ3n) is 5.00. The van der Waals surface area contributed by atoms with Gasteiger partial charge in [-0.3, -0.25) is 9.69 Å². The van der Waals surface area contributed by atoms with Crippen LogP contribution in [-0.2, 0) is 20.8 Å². The maximum absolute atomic E-state index is 12.8.